The molecular weight excluding hydrogens is 354 g/mol. The van der Waals surface area contributed by atoms with Crippen molar-refractivity contribution in [3.8, 4) is 5.75 Å². The van der Waals surface area contributed by atoms with Crippen molar-refractivity contribution in [3.63, 3.8) is 0 Å². The van der Waals surface area contributed by atoms with E-state index in [1.807, 2.05) is 38.1 Å². The number of aryl methyl sites for hydroxylation is 1. The van der Waals surface area contributed by atoms with Gasteiger partial charge in [0, 0.05) is 12.1 Å². The number of amides is 1. The molecule has 0 saturated carbocycles. The summed E-state index contributed by atoms with van der Waals surface area (Å²) in [7, 11) is 1.56. The van der Waals surface area contributed by atoms with E-state index in [9.17, 15) is 14.7 Å². The Kier molecular flexibility index (Phi) is 5.83. The first-order chi connectivity index (χ1) is 13.5. The van der Waals surface area contributed by atoms with Crippen LogP contribution < -0.4 is 4.74 Å². The van der Waals surface area contributed by atoms with E-state index in [2.05, 4.69) is 0 Å². The van der Waals surface area contributed by atoms with Gasteiger partial charge in [-0.25, -0.2) is 0 Å². The molecule has 1 aliphatic rings. The fourth-order valence-corrected chi connectivity index (χ4v) is 3.44. The van der Waals surface area contributed by atoms with E-state index in [0.717, 1.165) is 24.0 Å². The van der Waals surface area contributed by atoms with Crippen LogP contribution in [0, 0.1) is 6.92 Å². The summed E-state index contributed by atoms with van der Waals surface area (Å²) in [6, 6.07) is 13.9. The average Bonchev–Trinajstić information content (AvgIpc) is 2.97. The van der Waals surface area contributed by atoms with Gasteiger partial charge in [0.05, 0.1) is 18.7 Å². The van der Waals surface area contributed by atoms with Crippen LogP contribution >= 0.6 is 0 Å². The van der Waals surface area contributed by atoms with Gasteiger partial charge in [0.2, 0.25) is 0 Å². The zero-order chi connectivity index (χ0) is 20.3. The first kappa shape index (κ1) is 19.7. The standard InChI is InChI=1S/C23H25NO4/c1-4-5-14-24-20(16-8-6-15(2)7-9-16)19(22(26)23(24)27)21(25)17-10-12-18(28-3)13-11-17/h6-13,20,25H,4-5,14H2,1-3H3/b21-19+/t20-/m1/s1. The Hall–Kier alpha value is -3.08. The van der Waals surface area contributed by atoms with Crippen molar-refractivity contribution < 1.29 is 19.4 Å². The van der Waals surface area contributed by atoms with Gasteiger partial charge in [0.1, 0.15) is 11.5 Å². The molecule has 0 aromatic heterocycles. The summed E-state index contributed by atoms with van der Waals surface area (Å²) >= 11 is 0. The fourth-order valence-electron chi connectivity index (χ4n) is 3.44. The Balaban J connectivity index is 2.12. The molecule has 0 radical (unpaired) electrons. The highest BCUT2D eigenvalue weighted by Crippen LogP contribution is 2.39. The minimum atomic E-state index is -0.644. The lowest BCUT2D eigenvalue weighted by Crippen LogP contribution is -2.30. The number of ketones is 1. The number of Topliss-reactive ketones (excluding diaryl/α,β-unsaturated/α-hetero) is 1. The highest BCUT2D eigenvalue weighted by molar-refractivity contribution is 6.46. The van der Waals surface area contributed by atoms with Crippen LogP contribution in [0.15, 0.2) is 54.1 Å². The number of methoxy groups -OCH3 is 1. The van der Waals surface area contributed by atoms with E-state index in [4.69, 9.17) is 4.74 Å². The van der Waals surface area contributed by atoms with Gasteiger partial charge in [-0.05, 0) is 43.2 Å². The van der Waals surface area contributed by atoms with Crippen molar-refractivity contribution in [3.05, 3.63) is 70.8 Å². The Morgan fingerprint density at radius 2 is 1.71 bits per heavy atom. The van der Waals surface area contributed by atoms with Gasteiger partial charge in [-0.2, -0.15) is 0 Å². The molecule has 5 nitrogen and oxygen atoms in total. The zero-order valence-corrected chi connectivity index (χ0v) is 16.4. The van der Waals surface area contributed by atoms with Crippen LogP contribution in [0.4, 0.5) is 0 Å². The number of hydrogen-bond donors (Lipinski definition) is 1. The number of ether oxygens (including phenoxy) is 1. The summed E-state index contributed by atoms with van der Waals surface area (Å²) < 4.78 is 5.15. The van der Waals surface area contributed by atoms with Gasteiger partial charge in [0.15, 0.2) is 0 Å². The second-order valence-corrected chi connectivity index (χ2v) is 6.99. The normalized spacial score (nSPS) is 18.5. The maximum atomic E-state index is 12.8. The molecule has 1 amide bonds. The molecule has 28 heavy (non-hydrogen) atoms. The van der Waals surface area contributed by atoms with E-state index >= 15 is 0 Å². The molecule has 0 bridgehead atoms. The molecule has 2 aromatic carbocycles. The third-order valence-electron chi connectivity index (χ3n) is 5.05. The van der Waals surface area contributed by atoms with Crippen molar-refractivity contribution in [2.75, 3.05) is 13.7 Å². The number of aliphatic hydroxyl groups is 1. The van der Waals surface area contributed by atoms with Gasteiger partial charge in [-0.3, -0.25) is 9.59 Å². The summed E-state index contributed by atoms with van der Waals surface area (Å²) in [5, 5.41) is 10.9. The maximum Gasteiger partial charge on any atom is 0.295 e. The largest absolute Gasteiger partial charge is 0.507 e. The van der Waals surface area contributed by atoms with Crippen LogP contribution in [0.25, 0.3) is 5.76 Å². The van der Waals surface area contributed by atoms with Crippen molar-refractivity contribution in [1.29, 1.82) is 0 Å². The van der Waals surface area contributed by atoms with Gasteiger partial charge in [-0.1, -0.05) is 43.2 Å². The number of benzene rings is 2. The minimum absolute atomic E-state index is 0.134. The lowest BCUT2D eigenvalue weighted by atomic mass is 9.94. The highest BCUT2D eigenvalue weighted by Gasteiger charge is 2.45. The number of carbonyl (C=O) groups is 2. The number of hydrogen-bond acceptors (Lipinski definition) is 4. The SMILES string of the molecule is CCCCN1C(=O)C(=O)/C(=C(/O)c2ccc(OC)cc2)[C@H]1c1ccc(C)cc1. The first-order valence-corrected chi connectivity index (χ1v) is 9.47. The quantitative estimate of drug-likeness (QED) is 0.463. The lowest BCUT2D eigenvalue weighted by Gasteiger charge is -2.25. The van der Waals surface area contributed by atoms with Crippen molar-refractivity contribution in [2.24, 2.45) is 0 Å². The molecule has 3 rings (SSSR count). The molecule has 1 heterocycles. The number of unbranched alkanes of at least 4 members (excludes halogenated alkanes) is 1. The molecule has 1 atom stereocenters. The van der Waals surface area contributed by atoms with E-state index in [1.54, 1.807) is 36.3 Å². The molecule has 0 unspecified atom stereocenters. The van der Waals surface area contributed by atoms with Gasteiger partial charge >= 0.3 is 0 Å². The molecule has 0 spiro atoms. The molecule has 1 fully saturated rings. The van der Waals surface area contributed by atoms with Crippen LogP contribution in [0.1, 0.15) is 42.5 Å². The van der Waals surface area contributed by atoms with Gasteiger partial charge < -0.3 is 14.7 Å². The first-order valence-electron chi connectivity index (χ1n) is 9.47. The summed E-state index contributed by atoms with van der Waals surface area (Å²) in [5.41, 5.74) is 2.52. The van der Waals surface area contributed by atoms with E-state index in [-0.39, 0.29) is 11.3 Å². The zero-order valence-electron chi connectivity index (χ0n) is 16.4. The highest BCUT2D eigenvalue weighted by atomic mass is 16.5. The minimum Gasteiger partial charge on any atom is -0.507 e. The Morgan fingerprint density at radius 1 is 1.07 bits per heavy atom. The van der Waals surface area contributed by atoms with Crippen molar-refractivity contribution in [1.82, 2.24) is 4.90 Å². The second kappa shape index (κ2) is 8.30. The molecule has 0 aliphatic carbocycles. The van der Waals surface area contributed by atoms with Gasteiger partial charge in [-0.15, -0.1) is 0 Å². The monoisotopic (exact) mass is 379 g/mol. The van der Waals surface area contributed by atoms with Crippen LogP contribution in [0.3, 0.4) is 0 Å². The molecule has 2 aromatic rings. The fraction of sp³-hybridized carbons (Fsp3) is 0.304. The van der Waals surface area contributed by atoms with Crippen LogP contribution in [0.2, 0.25) is 0 Å². The summed E-state index contributed by atoms with van der Waals surface area (Å²) in [6.45, 7) is 4.49. The van der Waals surface area contributed by atoms with E-state index < -0.39 is 17.7 Å². The summed E-state index contributed by atoms with van der Waals surface area (Å²) in [6.07, 6.45) is 1.69. The van der Waals surface area contributed by atoms with Crippen molar-refractivity contribution in [2.45, 2.75) is 32.7 Å². The number of carbonyl (C=O) groups excluding carboxylic acids is 2. The number of aliphatic hydroxyl groups excluding tert-OH is 1. The van der Waals surface area contributed by atoms with E-state index in [1.165, 1.54) is 0 Å². The summed E-state index contributed by atoms with van der Waals surface area (Å²) in [5.74, 6) is -0.718. The Morgan fingerprint density at radius 3 is 2.29 bits per heavy atom. The molecule has 1 N–H and O–H groups in total. The predicted molar refractivity (Wildman–Crippen MR) is 108 cm³/mol. The third-order valence-corrected chi connectivity index (χ3v) is 5.05. The second-order valence-electron chi connectivity index (χ2n) is 6.99. The Bertz CT molecular complexity index is 897. The van der Waals surface area contributed by atoms with Crippen LogP contribution in [0.5, 0.6) is 5.75 Å². The van der Waals surface area contributed by atoms with E-state index in [0.29, 0.717) is 17.9 Å². The number of rotatable bonds is 6. The topological polar surface area (TPSA) is 66.8 Å². The molecule has 1 aliphatic heterocycles. The molecule has 146 valence electrons. The number of nitrogens with zero attached hydrogens (tertiary/aromatic N) is 1. The summed E-state index contributed by atoms with van der Waals surface area (Å²) in [4.78, 5) is 27.1. The maximum absolute atomic E-state index is 12.8. The lowest BCUT2D eigenvalue weighted by molar-refractivity contribution is -0.139. The van der Waals surface area contributed by atoms with Crippen LogP contribution in [-0.2, 0) is 9.59 Å². The third kappa shape index (κ3) is 3.65. The smallest absolute Gasteiger partial charge is 0.295 e. The molecule has 5 heteroatoms. The van der Waals surface area contributed by atoms with Crippen LogP contribution in [-0.4, -0.2) is 35.4 Å². The molecule has 1 saturated heterocycles. The molecular formula is C23H25NO4. The Labute approximate surface area is 165 Å². The average molecular weight is 379 g/mol. The van der Waals surface area contributed by atoms with Gasteiger partial charge in [0.25, 0.3) is 11.7 Å². The predicted octanol–water partition coefficient (Wildman–Crippen LogP) is 4.23. The van der Waals surface area contributed by atoms with Crippen molar-refractivity contribution >= 4 is 17.4 Å². The number of likely N-dealkylation sites (tertiary alicyclic amines) is 1.